The van der Waals surface area contributed by atoms with Gasteiger partial charge in [0, 0.05) is 0 Å². The van der Waals surface area contributed by atoms with Gasteiger partial charge < -0.3 is 26.5 Å². The Morgan fingerprint density at radius 3 is 1.82 bits per heavy atom. The number of carbonyl (C=O) groups is 2. The number of rotatable bonds is 8. The molecule has 1 aromatic carbocycles. The summed E-state index contributed by atoms with van der Waals surface area (Å²) in [5.41, 5.74) is 4.40. The number of carboxylic acid groups (broad SMARTS) is 1. The molecule has 224 valence electrons. The molecule has 10 heteroatoms. The van der Waals surface area contributed by atoms with Crippen molar-refractivity contribution < 1.29 is 41.8 Å². The molecule has 3 fully saturated rings. The van der Waals surface area contributed by atoms with E-state index in [1.807, 2.05) is 0 Å². The summed E-state index contributed by atoms with van der Waals surface area (Å²) in [5, 5.41) is 20.7. The van der Waals surface area contributed by atoms with Crippen LogP contribution >= 0.6 is 7.92 Å². The van der Waals surface area contributed by atoms with Crippen LogP contribution in [0.25, 0.3) is 0 Å². The van der Waals surface area contributed by atoms with Crippen LogP contribution in [0.4, 0.5) is 4.79 Å². The number of carboxylic acids is 1. The Balaban J connectivity index is 0.000000215. The van der Waals surface area contributed by atoms with Crippen LogP contribution in [0, 0.1) is 6.20 Å². The number of H-pyrrole nitrogens is 1. The molecule has 1 amide bonds. The first-order chi connectivity index (χ1) is 19.1. The normalized spacial score (nSPS) is 19.5. The maximum absolute atomic E-state index is 11.6. The van der Waals surface area contributed by atoms with Gasteiger partial charge in [0.1, 0.15) is 6.61 Å². The van der Waals surface area contributed by atoms with Crippen LogP contribution in [0.5, 0.6) is 0 Å². The van der Waals surface area contributed by atoms with Gasteiger partial charge in [-0.1, -0.05) is 102 Å². The van der Waals surface area contributed by atoms with E-state index in [9.17, 15) is 9.59 Å². The quantitative estimate of drug-likeness (QED) is 0.150. The third-order valence-electron chi connectivity index (χ3n) is 8.40. The second-order valence-corrected chi connectivity index (χ2v) is 14.2. The van der Waals surface area contributed by atoms with E-state index in [4.69, 9.17) is 9.84 Å². The predicted octanol–water partition coefficient (Wildman–Crippen LogP) is 7.12. The van der Waals surface area contributed by atoms with Gasteiger partial charge in [-0.25, -0.2) is 9.59 Å². The number of aliphatic carboxylic acids is 1. The third kappa shape index (κ3) is 10.3. The first-order valence-corrected chi connectivity index (χ1v) is 16.4. The maximum atomic E-state index is 11.6. The molecule has 8 nitrogen and oxygen atoms in total. The number of aromatic amines is 1. The van der Waals surface area contributed by atoms with Crippen molar-refractivity contribution in [3.8, 4) is 0 Å². The van der Waals surface area contributed by atoms with Crippen molar-refractivity contribution in [2.75, 3.05) is 0 Å². The molecule has 1 aromatic heterocycles. The van der Waals surface area contributed by atoms with Crippen molar-refractivity contribution in [1.82, 2.24) is 20.7 Å². The molecule has 3 aliphatic carbocycles. The molecule has 3 aliphatic rings. The second-order valence-electron chi connectivity index (χ2n) is 11.1. The SMILES string of the molecule is C1CCC(P(C2CCCCC2)C2CCCCC2)CC1.O=C(N[C@@H](C(=O)O)c1ccccc1)OCc1[c-]nn[nH]1.[Au+]. The largest absolute Gasteiger partial charge is 1.00 e. The molecule has 5 rings (SSSR count). The molecule has 1 heterocycles. The summed E-state index contributed by atoms with van der Waals surface area (Å²) in [6.45, 7) is -0.125. The number of hydrogen-bond acceptors (Lipinski definition) is 5. The number of hydrogen-bond donors (Lipinski definition) is 3. The number of carbonyl (C=O) groups excluding carboxylic acids is 1. The minimum absolute atomic E-state index is 0. The van der Waals surface area contributed by atoms with E-state index in [2.05, 4.69) is 26.9 Å². The molecule has 2 aromatic rings. The first kappa shape index (κ1) is 32.8. The molecule has 0 saturated heterocycles. The van der Waals surface area contributed by atoms with Gasteiger partial charge in [0.05, 0.1) is 0 Å². The summed E-state index contributed by atoms with van der Waals surface area (Å²) < 4.78 is 4.83. The van der Waals surface area contributed by atoms with Crippen LogP contribution in [0.1, 0.15) is 114 Å². The Morgan fingerprint density at radius 1 is 0.900 bits per heavy atom. The maximum Gasteiger partial charge on any atom is 1.00 e. The van der Waals surface area contributed by atoms with Crippen molar-refractivity contribution in [1.29, 1.82) is 0 Å². The van der Waals surface area contributed by atoms with E-state index >= 15 is 0 Å². The van der Waals surface area contributed by atoms with Crippen LogP contribution < -0.4 is 5.32 Å². The summed E-state index contributed by atoms with van der Waals surface area (Å²) in [6.07, 6.45) is 25.2. The molecule has 0 unspecified atom stereocenters. The van der Waals surface area contributed by atoms with E-state index in [0.717, 1.165) is 0 Å². The molecule has 1 atom stereocenters. The monoisotopic (exact) mass is 752 g/mol. The molecular weight excluding hydrogens is 708 g/mol. The molecule has 0 radical (unpaired) electrons. The van der Waals surface area contributed by atoms with Crippen LogP contribution in [-0.4, -0.2) is 49.6 Å². The van der Waals surface area contributed by atoms with E-state index < -0.39 is 18.1 Å². The second kappa shape index (κ2) is 17.9. The van der Waals surface area contributed by atoms with Gasteiger partial charge >= 0.3 is 34.4 Å². The summed E-state index contributed by atoms with van der Waals surface area (Å²) in [5.74, 6) is -1.18. The van der Waals surface area contributed by atoms with Gasteiger partial charge in [-0.2, -0.15) is 0 Å². The minimum atomic E-state index is -1.18. The van der Waals surface area contributed by atoms with Gasteiger partial charge in [0.25, 0.3) is 0 Å². The molecule has 3 saturated carbocycles. The predicted molar refractivity (Wildman–Crippen MR) is 153 cm³/mol. The molecule has 0 aliphatic heterocycles. The van der Waals surface area contributed by atoms with Gasteiger partial charge in [-0.3, -0.25) is 5.10 Å². The van der Waals surface area contributed by atoms with Crippen LogP contribution in [0.3, 0.4) is 0 Å². The zero-order valence-corrected chi connectivity index (χ0v) is 26.4. The fourth-order valence-corrected chi connectivity index (χ4v) is 11.2. The number of aromatic nitrogens is 3. The Kier molecular flexibility index (Phi) is 14.7. The summed E-state index contributed by atoms with van der Waals surface area (Å²) in [4.78, 5) is 22.7. The van der Waals surface area contributed by atoms with Crippen LogP contribution in [0.15, 0.2) is 30.3 Å². The molecule has 3 N–H and O–H groups in total. The number of amides is 1. The molecule has 0 spiro atoms. The molecular formula is C30H44AuN4O4P. The van der Waals surface area contributed by atoms with Gasteiger partial charge in [0.15, 0.2) is 6.04 Å². The zero-order valence-electron chi connectivity index (χ0n) is 23.3. The fourth-order valence-electron chi connectivity index (χ4n) is 6.52. The van der Waals surface area contributed by atoms with Crippen molar-refractivity contribution in [2.45, 2.75) is 126 Å². The zero-order chi connectivity index (χ0) is 27.3. The Hall–Kier alpha value is -1.73. The number of nitrogens with zero attached hydrogens (tertiary/aromatic N) is 2. The topological polar surface area (TPSA) is 117 Å². The van der Waals surface area contributed by atoms with E-state index in [1.165, 1.54) is 36.2 Å². The first-order valence-electron chi connectivity index (χ1n) is 14.9. The summed E-state index contributed by atoms with van der Waals surface area (Å²) in [6, 6.07) is 7.15. The standard InChI is InChI=1S/C18H33P.C12H11N4O4.Au/c1-4-10-16(11-5-1)19(17-12-6-2-7-13-17)18-14-8-3-9-15-18;17-11(18)10(8-4-2-1-3-5-8)14-12(19)20-7-9-6-13-16-15-9;/h16-18H,1-15H2;1-5,10H,7H2,(H,14,19)(H,17,18)(H,13,15,16);/q;-1;+1/t;10-;/m.1./s1. The van der Waals surface area contributed by atoms with Crippen LogP contribution in [0.2, 0.25) is 0 Å². The minimum Gasteiger partial charge on any atom is -0.479 e. The number of benzene rings is 1. The van der Waals surface area contributed by atoms with E-state index in [-0.39, 0.29) is 29.0 Å². The average Bonchev–Trinajstić information content (AvgIpc) is 3.51. The van der Waals surface area contributed by atoms with Gasteiger partial charge in [-0.05, 0) is 61.1 Å². The summed E-state index contributed by atoms with van der Waals surface area (Å²) in [7, 11) is 0.385. The fraction of sp³-hybridized carbons (Fsp3) is 0.667. The number of ether oxygens (including phenoxy) is 1. The number of alkyl carbamates (subject to hydrolysis) is 1. The van der Waals surface area contributed by atoms with Crippen molar-refractivity contribution >= 4 is 20.0 Å². The van der Waals surface area contributed by atoms with Crippen molar-refractivity contribution in [3.05, 3.63) is 47.8 Å². The Labute approximate surface area is 255 Å². The van der Waals surface area contributed by atoms with Crippen molar-refractivity contribution in [3.63, 3.8) is 0 Å². The van der Waals surface area contributed by atoms with E-state index in [0.29, 0.717) is 19.2 Å². The smallest absolute Gasteiger partial charge is 0.479 e. The Morgan fingerprint density at radius 2 is 1.40 bits per heavy atom. The number of nitrogens with one attached hydrogen (secondary N) is 2. The van der Waals surface area contributed by atoms with Crippen LogP contribution in [-0.2, 0) is 38.5 Å². The molecule has 0 bridgehead atoms. The van der Waals surface area contributed by atoms with Gasteiger partial charge in [0.2, 0.25) is 0 Å². The average molecular weight is 753 g/mol. The van der Waals surface area contributed by atoms with Crippen molar-refractivity contribution in [2.24, 2.45) is 0 Å². The Bertz CT molecular complexity index is 936. The molecule has 40 heavy (non-hydrogen) atoms. The van der Waals surface area contributed by atoms with Gasteiger partial charge in [-0.15, -0.1) is 5.21 Å². The third-order valence-corrected chi connectivity index (χ3v) is 12.5. The summed E-state index contributed by atoms with van der Waals surface area (Å²) >= 11 is 0. The van der Waals surface area contributed by atoms with E-state index in [1.54, 1.807) is 107 Å².